The zero-order chi connectivity index (χ0) is 20.1. The fourth-order valence-corrected chi connectivity index (χ4v) is 3.86. The second-order valence-electron chi connectivity index (χ2n) is 7.37. The summed E-state index contributed by atoms with van der Waals surface area (Å²) in [5.41, 5.74) is 1.17. The molecule has 3 heterocycles. The van der Waals surface area contributed by atoms with E-state index in [-0.39, 0.29) is 17.5 Å². The van der Waals surface area contributed by atoms with Crippen molar-refractivity contribution in [3.8, 4) is 0 Å². The molecule has 0 radical (unpaired) electrons. The monoisotopic (exact) mass is 391 g/mol. The Labute approximate surface area is 169 Å². The van der Waals surface area contributed by atoms with Gasteiger partial charge in [0.25, 0.3) is 11.5 Å². The average molecular weight is 391 g/mol. The number of nitrogens with one attached hydrogen (secondary N) is 1. The van der Waals surface area contributed by atoms with Crippen molar-refractivity contribution in [1.82, 2.24) is 25.0 Å². The molecule has 1 amide bonds. The number of nitrogens with zero attached hydrogens (tertiary/aromatic N) is 4. The zero-order valence-electron chi connectivity index (χ0n) is 16.3. The van der Waals surface area contributed by atoms with Crippen molar-refractivity contribution in [3.63, 3.8) is 0 Å². The molecular formula is C22H25N5O2. The van der Waals surface area contributed by atoms with Crippen molar-refractivity contribution < 1.29 is 4.79 Å². The van der Waals surface area contributed by atoms with Crippen LogP contribution in [0, 0.1) is 0 Å². The number of carbonyl (C=O) groups excluding carboxylic acids is 1. The Kier molecular flexibility index (Phi) is 5.95. The fourth-order valence-electron chi connectivity index (χ4n) is 3.86. The van der Waals surface area contributed by atoms with Crippen LogP contribution in [0.25, 0.3) is 10.9 Å². The molecule has 1 N–H and O–H groups in total. The molecule has 7 nitrogen and oxygen atoms in total. The lowest BCUT2D eigenvalue weighted by Crippen LogP contribution is -2.48. The second kappa shape index (κ2) is 8.96. The van der Waals surface area contributed by atoms with Gasteiger partial charge in [-0.25, -0.2) is 9.67 Å². The number of benzene rings is 1. The van der Waals surface area contributed by atoms with Gasteiger partial charge in [0.15, 0.2) is 0 Å². The first-order valence-corrected chi connectivity index (χ1v) is 10.1. The Bertz CT molecular complexity index is 1050. The molecule has 3 aromatic rings. The minimum absolute atomic E-state index is 0.0864. The number of carbonyl (C=O) groups is 1. The number of piperidine rings is 1. The topological polar surface area (TPSA) is 80.1 Å². The van der Waals surface area contributed by atoms with E-state index < -0.39 is 0 Å². The third kappa shape index (κ3) is 4.68. The molecule has 4 rings (SSSR count). The van der Waals surface area contributed by atoms with Gasteiger partial charge >= 0.3 is 0 Å². The summed E-state index contributed by atoms with van der Waals surface area (Å²) in [6.45, 7) is 2.84. The standard InChI is InChI=1S/C22H25N5O2/c28-21-9-5-12-24-27(21)15-14-26-13-4-3-7-18(26)16-23-22(29)20-11-10-17-6-1-2-8-19(17)25-20/h1-2,5-6,8-12,18H,3-4,7,13-16H2,(H,23,29). The van der Waals surface area contributed by atoms with Crippen LogP contribution in [-0.4, -0.2) is 51.2 Å². The molecule has 1 aliphatic rings. The van der Waals surface area contributed by atoms with E-state index in [9.17, 15) is 9.59 Å². The summed E-state index contributed by atoms with van der Waals surface area (Å²) in [5, 5.41) is 8.19. The van der Waals surface area contributed by atoms with E-state index >= 15 is 0 Å². The van der Waals surface area contributed by atoms with Gasteiger partial charge in [-0.2, -0.15) is 5.10 Å². The maximum atomic E-state index is 12.6. The average Bonchev–Trinajstić information content (AvgIpc) is 2.77. The molecule has 150 valence electrons. The van der Waals surface area contributed by atoms with Crippen LogP contribution in [0.2, 0.25) is 0 Å². The van der Waals surface area contributed by atoms with E-state index in [1.807, 2.05) is 30.3 Å². The molecule has 0 bridgehead atoms. The summed E-state index contributed by atoms with van der Waals surface area (Å²) in [6.07, 6.45) is 4.94. The predicted octanol–water partition coefficient (Wildman–Crippen LogP) is 2.08. The van der Waals surface area contributed by atoms with Gasteiger partial charge in [0.05, 0.1) is 12.1 Å². The highest BCUT2D eigenvalue weighted by Gasteiger charge is 2.23. The van der Waals surface area contributed by atoms with Gasteiger partial charge in [-0.1, -0.05) is 30.7 Å². The molecular weight excluding hydrogens is 366 g/mol. The van der Waals surface area contributed by atoms with Gasteiger partial charge in [0.1, 0.15) is 5.69 Å². The van der Waals surface area contributed by atoms with Gasteiger partial charge in [-0.3, -0.25) is 14.5 Å². The highest BCUT2D eigenvalue weighted by atomic mass is 16.2. The van der Waals surface area contributed by atoms with Crippen LogP contribution in [0.15, 0.2) is 59.5 Å². The van der Waals surface area contributed by atoms with E-state index in [1.165, 1.54) is 10.7 Å². The maximum absolute atomic E-state index is 12.6. The maximum Gasteiger partial charge on any atom is 0.269 e. The first kappa shape index (κ1) is 19.3. The summed E-state index contributed by atoms with van der Waals surface area (Å²) < 4.78 is 1.49. The van der Waals surface area contributed by atoms with Crippen molar-refractivity contribution in [2.24, 2.45) is 0 Å². The first-order chi connectivity index (χ1) is 14.2. The van der Waals surface area contributed by atoms with Crippen molar-refractivity contribution in [3.05, 3.63) is 70.8 Å². The number of likely N-dealkylation sites (tertiary alicyclic amines) is 1. The molecule has 1 aliphatic heterocycles. The van der Waals surface area contributed by atoms with Crippen LogP contribution in [0.3, 0.4) is 0 Å². The first-order valence-electron chi connectivity index (χ1n) is 10.1. The van der Waals surface area contributed by atoms with E-state index in [0.29, 0.717) is 18.8 Å². The van der Waals surface area contributed by atoms with Crippen LogP contribution in [0.1, 0.15) is 29.8 Å². The molecule has 0 aliphatic carbocycles. The minimum atomic E-state index is -0.151. The van der Waals surface area contributed by atoms with E-state index in [0.717, 1.165) is 43.3 Å². The number of hydrogen-bond acceptors (Lipinski definition) is 5. The molecule has 1 unspecified atom stereocenters. The third-order valence-corrected chi connectivity index (χ3v) is 5.46. The lowest BCUT2D eigenvalue weighted by atomic mass is 10.0. The summed E-state index contributed by atoms with van der Waals surface area (Å²) >= 11 is 0. The van der Waals surface area contributed by atoms with Gasteiger partial charge in [0, 0.05) is 36.8 Å². The van der Waals surface area contributed by atoms with Gasteiger partial charge in [-0.15, -0.1) is 0 Å². The minimum Gasteiger partial charge on any atom is -0.349 e. The number of hydrogen-bond donors (Lipinski definition) is 1. The second-order valence-corrected chi connectivity index (χ2v) is 7.37. The van der Waals surface area contributed by atoms with Gasteiger partial charge < -0.3 is 5.32 Å². The summed E-state index contributed by atoms with van der Waals surface area (Å²) in [4.78, 5) is 31.3. The SMILES string of the molecule is O=C(NCC1CCCCN1CCn1ncccc1=O)c1ccc2ccccc2n1. The van der Waals surface area contributed by atoms with Crippen LogP contribution in [0.5, 0.6) is 0 Å². The summed E-state index contributed by atoms with van der Waals surface area (Å²) in [5.74, 6) is -0.151. The molecule has 1 fully saturated rings. The largest absolute Gasteiger partial charge is 0.349 e. The normalized spacial score (nSPS) is 17.3. The molecule has 1 aromatic carbocycles. The molecule has 0 spiro atoms. The highest BCUT2D eigenvalue weighted by Crippen LogP contribution is 2.17. The smallest absolute Gasteiger partial charge is 0.269 e. The third-order valence-electron chi connectivity index (χ3n) is 5.46. The number of amides is 1. The number of aromatic nitrogens is 3. The zero-order valence-corrected chi connectivity index (χ0v) is 16.3. The van der Waals surface area contributed by atoms with Gasteiger partial charge in [-0.05, 0) is 37.6 Å². The van der Waals surface area contributed by atoms with E-state index in [4.69, 9.17) is 0 Å². The number of pyridine rings is 1. The van der Waals surface area contributed by atoms with Crippen LogP contribution in [0.4, 0.5) is 0 Å². The Balaban J connectivity index is 1.36. The van der Waals surface area contributed by atoms with Crippen molar-refractivity contribution in [2.45, 2.75) is 31.8 Å². The Morgan fingerprint density at radius 3 is 2.86 bits per heavy atom. The quantitative estimate of drug-likeness (QED) is 0.696. The molecule has 1 atom stereocenters. The molecule has 7 heteroatoms. The van der Waals surface area contributed by atoms with E-state index in [1.54, 1.807) is 18.3 Å². The fraction of sp³-hybridized carbons (Fsp3) is 0.364. The Morgan fingerprint density at radius 2 is 1.97 bits per heavy atom. The molecule has 1 saturated heterocycles. The summed E-state index contributed by atoms with van der Waals surface area (Å²) in [6, 6.07) is 14.9. The number of rotatable bonds is 6. The van der Waals surface area contributed by atoms with Gasteiger partial charge in [0.2, 0.25) is 0 Å². The molecule has 0 saturated carbocycles. The summed E-state index contributed by atoms with van der Waals surface area (Å²) in [7, 11) is 0. The highest BCUT2D eigenvalue weighted by molar-refractivity contribution is 5.94. The predicted molar refractivity (Wildman–Crippen MR) is 112 cm³/mol. The molecule has 2 aromatic heterocycles. The Morgan fingerprint density at radius 1 is 1.07 bits per heavy atom. The number of fused-ring (bicyclic) bond motifs is 1. The van der Waals surface area contributed by atoms with Crippen LogP contribution in [-0.2, 0) is 6.54 Å². The molecule has 29 heavy (non-hydrogen) atoms. The van der Waals surface area contributed by atoms with Crippen molar-refractivity contribution in [1.29, 1.82) is 0 Å². The Hall–Kier alpha value is -3.06. The lowest BCUT2D eigenvalue weighted by Gasteiger charge is -2.35. The number of para-hydroxylation sites is 1. The van der Waals surface area contributed by atoms with Crippen LogP contribution < -0.4 is 10.9 Å². The lowest BCUT2D eigenvalue weighted by molar-refractivity contribution is 0.0904. The van der Waals surface area contributed by atoms with Crippen molar-refractivity contribution in [2.75, 3.05) is 19.6 Å². The van der Waals surface area contributed by atoms with Crippen molar-refractivity contribution >= 4 is 16.8 Å². The van der Waals surface area contributed by atoms with Crippen LogP contribution >= 0.6 is 0 Å². The van der Waals surface area contributed by atoms with E-state index in [2.05, 4.69) is 20.3 Å².